The Morgan fingerprint density at radius 2 is 1.68 bits per heavy atom. The van der Waals surface area contributed by atoms with Gasteiger partial charge in [0.2, 0.25) is 0 Å². The smallest absolute Gasteiger partial charge is 0.0828 e. The van der Waals surface area contributed by atoms with Crippen LogP contribution in [0.5, 0.6) is 0 Å². The summed E-state index contributed by atoms with van der Waals surface area (Å²) in [7, 11) is 0. The monoisotopic (exact) mass is 274 g/mol. The lowest BCUT2D eigenvalue weighted by Crippen LogP contribution is -2.20. The van der Waals surface area contributed by atoms with Crippen molar-refractivity contribution < 1.29 is 0 Å². The van der Waals surface area contributed by atoms with Gasteiger partial charge in [-0.25, -0.2) is 0 Å². The molecule has 19 heavy (non-hydrogen) atoms. The second kappa shape index (κ2) is 6.80. The fraction of sp³-hybridized carbons (Fsp3) is 0.500. The van der Waals surface area contributed by atoms with Crippen molar-refractivity contribution in [2.24, 2.45) is 5.92 Å². The van der Waals surface area contributed by atoms with Gasteiger partial charge in [0.1, 0.15) is 0 Å². The molecule has 1 saturated carbocycles. The molecule has 3 heteroatoms. The molecule has 1 fully saturated rings. The summed E-state index contributed by atoms with van der Waals surface area (Å²) in [6.07, 6.45) is 7.77. The van der Waals surface area contributed by atoms with Crippen molar-refractivity contribution in [1.82, 2.24) is 0 Å². The zero-order valence-corrected chi connectivity index (χ0v) is 12.4. The lowest BCUT2D eigenvalue weighted by molar-refractivity contribution is 0.597. The largest absolute Gasteiger partial charge is 0.350 e. The van der Waals surface area contributed by atoms with E-state index in [1.165, 1.54) is 38.5 Å². The third-order valence-corrected chi connectivity index (χ3v) is 4.25. The van der Waals surface area contributed by atoms with Crippen molar-refractivity contribution in [1.29, 1.82) is 5.41 Å². The molecule has 2 nitrogen and oxygen atoms in total. The Morgan fingerprint density at radius 1 is 1.11 bits per heavy atom. The Hall–Kier alpha value is -1.22. The van der Waals surface area contributed by atoms with Crippen molar-refractivity contribution in [3.05, 3.63) is 29.8 Å². The van der Waals surface area contributed by atoms with E-state index in [-0.39, 0.29) is 0 Å². The first-order chi connectivity index (χ1) is 9.16. The van der Waals surface area contributed by atoms with Crippen molar-refractivity contribution in [2.45, 2.75) is 45.4 Å². The maximum Gasteiger partial charge on any atom is 0.0828 e. The van der Waals surface area contributed by atoms with E-state index in [4.69, 9.17) is 17.6 Å². The maximum atomic E-state index is 7.59. The average Bonchev–Trinajstić information content (AvgIpc) is 2.68. The number of anilines is 1. The summed E-state index contributed by atoms with van der Waals surface area (Å²) in [5.41, 5.74) is 2.60. The second-order valence-corrected chi connectivity index (χ2v) is 5.82. The number of thiocarbonyl (C=S) groups is 1. The van der Waals surface area contributed by atoms with Gasteiger partial charge >= 0.3 is 0 Å². The Balaban J connectivity index is 1.95. The van der Waals surface area contributed by atoms with Crippen LogP contribution in [0.15, 0.2) is 24.3 Å². The molecular weight excluding hydrogens is 252 g/mol. The van der Waals surface area contributed by atoms with Gasteiger partial charge in [-0.2, -0.15) is 0 Å². The summed E-state index contributed by atoms with van der Waals surface area (Å²) in [6.45, 7) is 1.80. The van der Waals surface area contributed by atoms with Crippen LogP contribution in [-0.4, -0.2) is 10.7 Å². The molecule has 1 aliphatic rings. The fourth-order valence-electron chi connectivity index (χ4n) is 2.59. The van der Waals surface area contributed by atoms with E-state index in [0.717, 1.165) is 16.2 Å². The Morgan fingerprint density at radius 3 is 2.21 bits per heavy atom. The van der Waals surface area contributed by atoms with Crippen molar-refractivity contribution in [3.63, 3.8) is 0 Å². The van der Waals surface area contributed by atoms with Crippen LogP contribution in [0.1, 0.15) is 51.0 Å². The first-order valence-corrected chi connectivity index (χ1v) is 7.54. The van der Waals surface area contributed by atoms with Gasteiger partial charge in [-0.15, -0.1) is 0 Å². The standard InChI is InChI=1S/C16H22N2S/c1-12(17)13-8-10-15(11-9-13)18-16(19)14-6-4-2-3-5-7-14/h8-11,14,17H,2-7H2,1H3,(H,18,19). The van der Waals surface area contributed by atoms with Gasteiger partial charge in [0.15, 0.2) is 0 Å². The maximum absolute atomic E-state index is 7.59. The average molecular weight is 274 g/mol. The zero-order valence-electron chi connectivity index (χ0n) is 11.5. The third-order valence-electron chi connectivity index (χ3n) is 3.81. The fourth-order valence-corrected chi connectivity index (χ4v) is 2.94. The third kappa shape index (κ3) is 4.13. The van der Waals surface area contributed by atoms with E-state index in [0.29, 0.717) is 11.6 Å². The van der Waals surface area contributed by atoms with Crippen LogP contribution in [0.2, 0.25) is 0 Å². The van der Waals surface area contributed by atoms with E-state index in [1.807, 2.05) is 24.3 Å². The predicted molar refractivity (Wildman–Crippen MR) is 86.4 cm³/mol. The zero-order chi connectivity index (χ0) is 13.7. The molecule has 0 amide bonds. The first kappa shape index (κ1) is 14.2. The Labute approximate surface area is 121 Å². The summed E-state index contributed by atoms with van der Waals surface area (Å²) in [6, 6.07) is 7.97. The molecule has 0 saturated heterocycles. The van der Waals surface area contributed by atoms with E-state index in [9.17, 15) is 0 Å². The van der Waals surface area contributed by atoms with E-state index in [2.05, 4.69) is 5.32 Å². The molecule has 0 spiro atoms. The Bertz CT molecular complexity index is 442. The highest BCUT2D eigenvalue weighted by molar-refractivity contribution is 7.80. The normalized spacial score (nSPS) is 16.7. The lowest BCUT2D eigenvalue weighted by Gasteiger charge is -2.17. The molecule has 0 aromatic heterocycles. The lowest BCUT2D eigenvalue weighted by atomic mass is 10.00. The van der Waals surface area contributed by atoms with Crippen molar-refractivity contribution >= 4 is 28.6 Å². The summed E-state index contributed by atoms with van der Waals surface area (Å²) in [5.74, 6) is 0.543. The van der Waals surface area contributed by atoms with Gasteiger partial charge in [-0.1, -0.05) is 50.0 Å². The molecule has 2 rings (SSSR count). The van der Waals surface area contributed by atoms with Gasteiger partial charge < -0.3 is 10.7 Å². The number of nitrogens with one attached hydrogen (secondary N) is 2. The van der Waals surface area contributed by atoms with Crippen molar-refractivity contribution in [2.75, 3.05) is 5.32 Å². The number of hydrogen-bond donors (Lipinski definition) is 2. The second-order valence-electron chi connectivity index (χ2n) is 5.38. The van der Waals surface area contributed by atoms with Crippen LogP contribution in [0.4, 0.5) is 5.69 Å². The topological polar surface area (TPSA) is 35.9 Å². The molecule has 0 atom stereocenters. The van der Waals surface area contributed by atoms with E-state index >= 15 is 0 Å². The molecular formula is C16H22N2S. The molecule has 1 aromatic carbocycles. The number of benzene rings is 1. The summed E-state index contributed by atoms with van der Waals surface area (Å²) >= 11 is 5.55. The molecule has 102 valence electrons. The first-order valence-electron chi connectivity index (χ1n) is 7.13. The van der Waals surface area contributed by atoms with Crippen LogP contribution >= 0.6 is 12.2 Å². The number of rotatable bonds is 3. The molecule has 0 bridgehead atoms. The van der Waals surface area contributed by atoms with Crippen LogP contribution in [0.25, 0.3) is 0 Å². The SMILES string of the molecule is CC(=N)c1ccc(NC(=S)C2CCCCCC2)cc1. The van der Waals surface area contributed by atoms with Crippen LogP contribution < -0.4 is 5.32 Å². The van der Waals surface area contributed by atoms with Crippen molar-refractivity contribution in [3.8, 4) is 0 Å². The quantitative estimate of drug-likeness (QED) is 0.472. The van der Waals surface area contributed by atoms with Gasteiger partial charge in [0.25, 0.3) is 0 Å². The minimum atomic E-state index is 0.543. The van der Waals surface area contributed by atoms with Gasteiger partial charge in [-0.3, -0.25) is 0 Å². The van der Waals surface area contributed by atoms with Crippen LogP contribution in [0, 0.1) is 11.3 Å². The summed E-state index contributed by atoms with van der Waals surface area (Å²) in [4.78, 5) is 0.987. The minimum Gasteiger partial charge on any atom is -0.350 e. The highest BCUT2D eigenvalue weighted by Crippen LogP contribution is 2.25. The Kier molecular flexibility index (Phi) is 5.08. The minimum absolute atomic E-state index is 0.543. The number of hydrogen-bond acceptors (Lipinski definition) is 2. The van der Waals surface area contributed by atoms with Crippen LogP contribution in [0.3, 0.4) is 0 Å². The van der Waals surface area contributed by atoms with Gasteiger partial charge in [0, 0.05) is 17.3 Å². The molecule has 0 radical (unpaired) electrons. The molecule has 1 aromatic rings. The highest BCUT2D eigenvalue weighted by atomic mass is 32.1. The molecule has 1 aliphatic carbocycles. The molecule has 2 N–H and O–H groups in total. The highest BCUT2D eigenvalue weighted by Gasteiger charge is 2.16. The summed E-state index contributed by atoms with van der Waals surface area (Å²) in [5, 5.41) is 11.0. The predicted octanol–water partition coefficient (Wildman–Crippen LogP) is 4.78. The summed E-state index contributed by atoms with van der Waals surface area (Å²) < 4.78 is 0. The van der Waals surface area contributed by atoms with E-state index < -0.39 is 0 Å². The molecule has 0 aliphatic heterocycles. The van der Waals surface area contributed by atoms with Gasteiger partial charge in [0.05, 0.1) is 4.99 Å². The van der Waals surface area contributed by atoms with E-state index in [1.54, 1.807) is 6.92 Å². The van der Waals surface area contributed by atoms with Crippen LogP contribution in [-0.2, 0) is 0 Å². The molecule has 0 heterocycles. The van der Waals surface area contributed by atoms with Gasteiger partial charge in [-0.05, 0) is 37.5 Å². The molecule has 0 unspecified atom stereocenters.